The highest BCUT2D eigenvalue weighted by Gasteiger charge is 2.29. The van der Waals surface area contributed by atoms with E-state index in [0.717, 1.165) is 38.6 Å². The Kier molecular flexibility index (Phi) is 7.67. The minimum atomic E-state index is -0.679. The monoisotopic (exact) mass is 762 g/mol. The maximum atomic E-state index is 11.5. The lowest BCUT2D eigenvalue weighted by Gasteiger charge is -2.14. The Hall–Kier alpha value is -7.85. The fourth-order valence-electron chi connectivity index (χ4n) is 8.13. The summed E-state index contributed by atoms with van der Waals surface area (Å²) in [6.45, 7) is 5.13. The molecule has 10 heteroatoms. The molecule has 3 aromatic heterocycles. The van der Waals surface area contributed by atoms with Crippen LogP contribution >= 0.6 is 0 Å². The number of rotatable bonds is 5. The third-order valence-electron chi connectivity index (χ3n) is 11.2. The summed E-state index contributed by atoms with van der Waals surface area (Å²) >= 11 is 0. The Morgan fingerprint density at radius 1 is 0.431 bits per heavy atom. The van der Waals surface area contributed by atoms with Gasteiger partial charge < -0.3 is 34.5 Å². The minimum Gasteiger partial charge on any atom is -0.504 e. The number of hydrogen-bond acceptors (Lipinski definition) is 9. The van der Waals surface area contributed by atoms with Crippen LogP contribution in [0, 0.1) is 20.8 Å². The Bertz CT molecular complexity index is 3180. The Morgan fingerprint density at radius 2 is 0.983 bits per heavy atom. The van der Waals surface area contributed by atoms with Gasteiger partial charge in [-0.15, -0.1) is 0 Å². The first-order valence-electron chi connectivity index (χ1n) is 18.7. The second-order valence-electron chi connectivity index (χ2n) is 14.5. The Balaban J connectivity index is 1.18. The summed E-state index contributed by atoms with van der Waals surface area (Å²) in [6, 6.07) is 38.9. The molecule has 0 saturated heterocycles. The van der Waals surface area contributed by atoms with Gasteiger partial charge in [0.25, 0.3) is 0 Å². The van der Waals surface area contributed by atoms with Gasteiger partial charge in [-0.25, -0.2) is 15.0 Å². The van der Waals surface area contributed by atoms with Crippen LogP contribution in [0.5, 0.6) is 28.7 Å². The molecule has 0 fully saturated rings. The van der Waals surface area contributed by atoms with Gasteiger partial charge in [0.1, 0.15) is 22.2 Å². The highest BCUT2D eigenvalue weighted by molar-refractivity contribution is 6.18. The number of aryl methyl sites for hydroxylation is 2. The van der Waals surface area contributed by atoms with Crippen molar-refractivity contribution < 1.29 is 29.9 Å². The van der Waals surface area contributed by atoms with E-state index in [-0.39, 0.29) is 22.5 Å². The molecule has 0 aliphatic carbocycles. The molecule has 3 heterocycles. The van der Waals surface area contributed by atoms with Crippen LogP contribution in [-0.2, 0) is 0 Å². The number of phenolic OH excluding ortho intramolecular Hbond substituents is 5. The molecular weight excluding hydrogens is 729 g/mol. The minimum absolute atomic E-state index is 0.173. The third kappa shape index (κ3) is 5.08. The molecule has 0 bridgehead atoms. The fraction of sp³-hybridized carbons (Fsp3) is 0.0625. The topological polar surface area (TPSA) is 158 Å². The van der Waals surface area contributed by atoms with E-state index in [9.17, 15) is 25.5 Å². The van der Waals surface area contributed by atoms with Crippen molar-refractivity contribution in [2.24, 2.45) is 0 Å². The molecule has 0 amide bonds. The number of phenols is 5. The Labute approximate surface area is 330 Å². The molecule has 10 aromatic rings. The number of nitrogens with zero attached hydrogens (tertiary/aromatic N) is 4. The van der Waals surface area contributed by atoms with E-state index in [1.807, 2.05) is 115 Å². The summed E-state index contributed by atoms with van der Waals surface area (Å²) in [7, 11) is 0. The molecule has 0 spiro atoms. The van der Waals surface area contributed by atoms with E-state index in [2.05, 4.69) is 6.07 Å². The largest absolute Gasteiger partial charge is 0.504 e. The summed E-state index contributed by atoms with van der Waals surface area (Å²) in [6.07, 6.45) is 0. The standard InChI is InChI=1S/C48H34N4O6/c1-24-25(2)41(53)43(55)39-36(24)37-26(3)42(54)45(57)44(56)40(37)52(39)31-17-10-16-29(22-31)30-20-21-34-33(23-30)38-32(18-11-19-35(38)58-34)48-50-46(27-12-6-4-7-13-27)49-47(51-48)28-14-8-5-9-15-28/h4-23,53-57H,1-3H3. The van der Waals surface area contributed by atoms with Gasteiger partial charge in [-0.05, 0) is 73.4 Å². The molecule has 10 rings (SSSR count). The average Bonchev–Trinajstić information content (AvgIpc) is 3.83. The number of fused-ring (bicyclic) bond motifs is 6. The van der Waals surface area contributed by atoms with Crippen molar-refractivity contribution in [3.63, 3.8) is 0 Å². The van der Waals surface area contributed by atoms with Crippen molar-refractivity contribution in [1.82, 2.24) is 19.5 Å². The zero-order valence-corrected chi connectivity index (χ0v) is 31.5. The molecule has 0 radical (unpaired) electrons. The van der Waals surface area contributed by atoms with Crippen molar-refractivity contribution in [3.8, 4) is 79.7 Å². The summed E-state index contributed by atoms with van der Waals surface area (Å²) in [5.74, 6) is -0.795. The van der Waals surface area contributed by atoms with Gasteiger partial charge in [0.15, 0.2) is 40.5 Å². The van der Waals surface area contributed by atoms with Crippen LogP contribution < -0.4 is 0 Å². The van der Waals surface area contributed by atoms with Crippen molar-refractivity contribution in [1.29, 1.82) is 0 Å². The van der Waals surface area contributed by atoms with Gasteiger partial charge in [-0.1, -0.05) is 91.0 Å². The third-order valence-corrected chi connectivity index (χ3v) is 11.2. The number of aromatic hydroxyl groups is 5. The maximum absolute atomic E-state index is 11.5. The molecule has 0 atom stereocenters. The number of hydrogen-bond donors (Lipinski definition) is 5. The highest BCUT2D eigenvalue weighted by atomic mass is 16.3. The van der Waals surface area contributed by atoms with Gasteiger partial charge in [0.2, 0.25) is 5.75 Å². The highest BCUT2D eigenvalue weighted by Crippen LogP contribution is 2.53. The van der Waals surface area contributed by atoms with Crippen molar-refractivity contribution in [3.05, 3.63) is 138 Å². The summed E-state index contributed by atoms with van der Waals surface area (Å²) in [5, 5.41) is 58.2. The van der Waals surface area contributed by atoms with Gasteiger partial charge >= 0.3 is 0 Å². The van der Waals surface area contributed by atoms with Crippen LogP contribution in [0.1, 0.15) is 16.7 Å². The van der Waals surface area contributed by atoms with Crippen molar-refractivity contribution in [2.45, 2.75) is 20.8 Å². The van der Waals surface area contributed by atoms with Gasteiger partial charge in [0.05, 0.1) is 0 Å². The summed E-state index contributed by atoms with van der Waals surface area (Å²) in [4.78, 5) is 14.9. The number of furan rings is 1. The van der Waals surface area contributed by atoms with Gasteiger partial charge in [-0.3, -0.25) is 0 Å². The summed E-state index contributed by atoms with van der Waals surface area (Å²) < 4.78 is 8.01. The first-order valence-corrected chi connectivity index (χ1v) is 18.7. The molecule has 0 aliphatic heterocycles. The summed E-state index contributed by atoms with van der Waals surface area (Å²) in [5.41, 5.74) is 7.83. The Morgan fingerprint density at radius 3 is 1.66 bits per heavy atom. The van der Waals surface area contributed by atoms with Gasteiger partial charge in [0, 0.05) is 49.5 Å². The normalized spacial score (nSPS) is 11.7. The van der Waals surface area contributed by atoms with E-state index < -0.39 is 17.2 Å². The smallest absolute Gasteiger partial charge is 0.202 e. The van der Waals surface area contributed by atoms with Crippen molar-refractivity contribution >= 4 is 43.7 Å². The van der Waals surface area contributed by atoms with E-state index in [1.54, 1.807) is 25.3 Å². The first-order chi connectivity index (χ1) is 28.1. The molecule has 10 nitrogen and oxygen atoms in total. The van der Waals surface area contributed by atoms with E-state index in [4.69, 9.17) is 19.4 Å². The lowest BCUT2D eigenvalue weighted by molar-refractivity contribution is 0.369. The van der Waals surface area contributed by atoms with Crippen LogP contribution in [-0.4, -0.2) is 45.1 Å². The molecule has 7 aromatic carbocycles. The molecule has 0 aliphatic rings. The SMILES string of the molecule is Cc1c(O)c(O)c2c(c1C)c1c(C)c(O)c(O)c(O)c1n2-c1cccc(-c2ccc3oc4cccc(-c5nc(-c6ccccc6)nc(-c6ccccc6)n5)c4c3c2)c1. The van der Waals surface area contributed by atoms with Crippen LogP contribution in [0.15, 0.2) is 126 Å². The van der Waals surface area contributed by atoms with E-state index in [1.165, 1.54) is 0 Å². The average molecular weight is 763 g/mol. The van der Waals surface area contributed by atoms with Crippen LogP contribution in [0.2, 0.25) is 0 Å². The molecule has 282 valence electrons. The van der Waals surface area contributed by atoms with Crippen molar-refractivity contribution in [2.75, 3.05) is 0 Å². The van der Waals surface area contributed by atoms with E-state index in [0.29, 0.717) is 61.8 Å². The molecule has 0 unspecified atom stereocenters. The second-order valence-corrected chi connectivity index (χ2v) is 14.5. The lowest BCUT2D eigenvalue weighted by Crippen LogP contribution is -2.00. The predicted octanol–water partition coefficient (Wildman–Crippen LogP) is 11.0. The molecular formula is C48H34N4O6. The maximum Gasteiger partial charge on any atom is 0.202 e. The van der Waals surface area contributed by atoms with Crippen LogP contribution in [0.4, 0.5) is 0 Å². The van der Waals surface area contributed by atoms with E-state index >= 15 is 0 Å². The lowest BCUT2D eigenvalue weighted by atomic mass is 9.98. The number of aromatic nitrogens is 4. The van der Waals surface area contributed by atoms with Gasteiger partial charge in [-0.2, -0.15) is 0 Å². The first kappa shape index (κ1) is 34.6. The van der Waals surface area contributed by atoms with Crippen LogP contribution in [0.25, 0.3) is 94.7 Å². The van der Waals surface area contributed by atoms with Crippen LogP contribution in [0.3, 0.4) is 0 Å². The molecule has 5 N–H and O–H groups in total. The fourth-order valence-corrected chi connectivity index (χ4v) is 8.13. The quantitative estimate of drug-likeness (QED) is 0.108. The molecule has 0 saturated carbocycles. The molecule has 58 heavy (non-hydrogen) atoms. The zero-order valence-electron chi connectivity index (χ0n) is 31.5. The predicted molar refractivity (Wildman–Crippen MR) is 226 cm³/mol. The second kappa shape index (κ2) is 12.9. The number of benzene rings is 7. The zero-order chi connectivity index (χ0) is 40.0.